The van der Waals surface area contributed by atoms with E-state index < -0.39 is 17.5 Å². The second kappa shape index (κ2) is 5.56. The number of fused-ring (bicyclic) bond motifs is 1. The van der Waals surface area contributed by atoms with Crippen LogP contribution in [-0.4, -0.2) is 35.5 Å². The van der Waals surface area contributed by atoms with E-state index >= 15 is 0 Å². The molecule has 0 aliphatic rings. The van der Waals surface area contributed by atoms with Crippen LogP contribution in [0.2, 0.25) is 0 Å². The van der Waals surface area contributed by atoms with Gasteiger partial charge in [-0.2, -0.15) is 0 Å². The Morgan fingerprint density at radius 2 is 2.00 bits per heavy atom. The van der Waals surface area contributed by atoms with E-state index in [0.29, 0.717) is 11.0 Å². The summed E-state index contributed by atoms with van der Waals surface area (Å²) in [7, 11) is 1.44. The van der Waals surface area contributed by atoms with Crippen LogP contribution in [0.15, 0.2) is 39.5 Å². The lowest BCUT2D eigenvalue weighted by Gasteiger charge is -2.15. The summed E-state index contributed by atoms with van der Waals surface area (Å²) in [6.07, 6.45) is -0.179. The third kappa shape index (κ3) is 2.85. The number of amides is 1. The second-order valence-corrected chi connectivity index (χ2v) is 4.36. The van der Waals surface area contributed by atoms with Gasteiger partial charge >= 0.3 is 11.6 Å². The average molecular weight is 275 g/mol. The highest BCUT2D eigenvalue weighted by Gasteiger charge is 2.18. The van der Waals surface area contributed by atoms with Crippen molar-refractivity contribution < 1.29 is 19.1 Å². The van der Waals surface area contributed by atoms with Gasteiger partial charge in [-0.15, -0.1) is 0 Å². The molecule has 2 rings (SSSR count). The number of carbonyl (C=O) groups excluding carboxylic acids is 1. The predicted molar refractivity (Wildman–Crippen MR) is 71.7 cm³/mol. The lowest BCUT2D eigenvalue weighted by atomic mass is 10.1. The zero-order chi connectivity index (χ0) is 14.7. The maximum Gasteiger partial charge on any atom is 0.349 e. The Morgan fingerprint density at radius 1 is 1.30 bits per heavy atom. The Balaban J connectivity index is 2.32. The molecule has 0 radical (unpaired) electrons. The summed E-state index contributed by atoms with van der Waals surface area (Å²) >= 11 is 0. The molecule has 1 heterocycles. The Kier molecular flexibility index (Phi) is 3.84. The van der Waals surface area contributed by atoms with Gasteiger partial charge in [0.25, 0.3) is 5.91 Å². The van der Waals surface area contributed by atoms with E-state index in [1.807, 2.05) is 0 Å². The first-order chi connectivity index (χ1) is 9.49. The van der Waals surface area contributed by atoms with Gasteiger partial charge in [0, 0.05) is 19.0 Å². The zero-order valence-electron chi connectivity index (χ0n) is 10.8. The van der Waals surface area contributed by atoms with Crippen molar-refractivity contribution in [1.29, 1.82) is 0 Å². The number of carbonyl (C=O) groups is 2. The number of aliphatic carboxylic acids is 1. The van der Waals surface area contributed by atoms with Gasteiger partial charge in [0.1, 0.15) is 11.1 Å². The van der Waals surface area contributed by atoms with Crippen LogP contribution in [-0.2, 0) is 4.79 Å². The highest BCUT2D eigenvalue weighted by atomic mass is 16.4. The van der Waals surface area contributed by atoms with Crippen LogP contribution in [0.25, 0.3) is 11.0 Å². The van der Waals surface area contributed by atoms with Gasteiger partial charge in [-0.05, 0) is 12.1 Å². The summed E-state index contributed by atoms with van der Waals surface area (Å²) in [6.45, 7) is 0.0282. The molecule has 0 unspecified atom stereocenters. The molecule has 1 aromatic carbocycles. The fraction of sp³-hybridized carbons (Fsp3) is 0.214. The number of benzene rings is 1. The van der Waals surface area contributed by atoms with E-state index in [9.17, 15) is 14.4 Å². The van der Waals surface area contributed by atoms with Gasteiger partial charge in [0.15, 0.2) is 0 Å². The van der Waals surface area contributed by atoms with Crippen molar-refractivity contribution in [3.63, 3.8) is 0 Å². The van der Waals surface area contributed by atoms with Crippen LogP contribution >= 0.6 is 0 Å². The molecule has 0 atom stereocenters. The molecular weight excluding hydrogens is 262 g/mol. The van der Waals surface area contributed by atoms with Crippen LogP contribution in [0.3, 0.4) is 0 Å². The topological polar surface area (TPSA) is 87.8 Å². The van der Waals surface area contributed by atoms with E-state index in [4.69, 9.17) is 9.52 Å². The van der Waals surface area contributed by atoms with Crippen molar-refractivity contribution in [2.75, 3.05) is 13.6 Å². The van der Waals surface area contributed by atoms with Gasteiger partial charge in [-0.3, -0.25) is 9.59 Å². The summed E-state index contributed by atoms with van der Waals surface area (Å²) in [5.74, 6) is -1.55. The standard InChI is InChI=1S/C14H13NO5/c1-15(7-6-12(16)17)13(18)10-8-9-4-2-3-5-11(9)20-14(10)19/h2-5,8H,6-7H2,1H3,(H,16,17). The number of rotatable bonds is 4. The van der Waals surface area contributed by atoms with Crippen molar-refractivity contribution in [1.82, 2.24) is 4.90 Å². The summed E-state index contributed by atoms with van der Waals surface area (Å²) in [5, 5.41) is 9.23. The molecule has 1 N–H and O–H groups in total. The van der Waals surface area contributed by atoms with E-state index in [-0.39, 0.29) is 18.5 Å². The van der Waals surface area contributed by atoms with Crippen LogP contribution in [0, 0.1) is 0 Å². The van der Waals surface area contributed by atoms with Gasteiger partial charge in [0.2, 0.25) is 0 Å². The highest BCUT2D eigenvalue weighted by Crippen LogP contribution is 2.13. The summed E-state index contributed by atoms with van der Waals surface area (Å²) in [5.41, 5.74) is -0.422. The van der Waals surface area contributed by atoms with Gasteiger partial charge in [0.05, 0.1) is 6.42 Å². The average Bonchev–Trinajstić information content (AvgIpc) is 2.43. The van der Waals surface area contributed by atoms with E-state index in [2.05, 4.69) is 0 Å². The summed E-state index contributed by atoms with van der Waals surface area (Å²) < 4.78 is 5.07. The smallest absolute Gasteiger partial charge is 0.349 e. The lowest BCUT2D eigenvalue weighted by molar-refractivity contribution is -0.137. The predicted octanol–water partition coefficient (Wildman–Crippen LogP) is 1.34. The summed E-state index contributed by atoms with van der Waals surface area (Å²) in [6, 6.07) is 8.32. The molecule has 0 spiro atoms. The number of nitrogens with zero attached hydrogens (tertiary/aromatic N) is 1. The van der Waals surface area contributed by atoms with E-state index in [1.54, 1.807) is 24.3 Å². The SMILES string of the molecule is CN(CCC(=O)O)C(=O)c1cc2ccccc2oc1=O. The number of hydrogen-bond donors (Lipinski definition) is 1. The molecule has 6 heteroatoms. The molecule has 0 aliphatic heterocycles. The van der Waals surface area contributed by atoms with Crippen molar-refractivity contribution in [2.24, 2.45) is 0 Å². The van der Waals surface area contributed by atoms with Crippen molar-refractivity contribution in [3.8, 4) is 0 Å². The minimum absolute atomic E-state index is 0.0282. The van der Waals surface area contributed by atoms with Gasteiger partial charge in [-0.25, -0.2) is 4.79 Å². The monoisotopic (exact) mass is 275 g/mol. The third-order valence-electron chi connectivity index (χ3n) is 2.88. The zero-order valence-corrected chi connectivity index (χ0v) is 10.8. The Labute approximate surface area is 114 Å². The molecule has 0 fully saturated rings. The van der Waals surface area contributed by atoms with Gasteiger partial charge in [-0.1, -0.05) is 18.2 Å². The molecule has 104 valence electrons. The first-order valence-electron chi connectivity index (χ1n) is 5.99. The number of carboxylic acid groups (broad SMARTS) is 1. The van der Waals surface area contributed by atoms with Crippen LogP contribution < -0.4 is 5.63 Å². The fourth-order valence-corrected chi connectivity index (χ4v) is 1.78. The second-order valence-electron chi connectivity index (χ2n) is 4.36. The van der Waals surface area contributed by atoms with E-state index in [0.717, 1.165) is 0 Å². The molecule has 6 nitrogen and oxygen atoms in total. The maximum atomic E-state index is 12.1. The van der Waals surface area contributed by atoms with Gasteiger partial charge < -0.3 is 14.4 Å². The largest absolute Gasteiger partial charge is 0.481 e. The Hall–Kier alpha value is -2.63. The molecule has 0 aliphatic carbocycles. The van der Waals surface area contributed by atoms with Crippen LogP contribution in [0.1, 0.15) is 16.8 Å². The van der Waals surface area contributed by atoms with E-state index in [1.165, 1.54) is 18.0 Å². The molecular formula is C14H13NO5. The number of carboxylic acids is 1. The molecule has 0 saturated carbocycles. The molecule has 0 saturated heterocycles. The number of para-hydroxylation sites is 1. The first kappa shape index (κ1) is 13.8. The van der Waals surface area contributed by atoms with Crippen LogP contribution in [0.4, 0.5) is 0 Å². The quantitative estimate of drug-likeness (QED) is 0.851. The first-order valence-corrected chi connectivity index (χ1v) is 5.99. The molecule has 0 bridgehead atoms. The Morgan fingerprint density at radius 3 is 2.70 bits per heavy atom. The Bertz CT molecular complexity index is 719. The molecule has 20 heavy (non-hydrogen) atoms. The minimum Gasteiger partial charge on any atom is -0.481 e. The number of hydrogen-bond acceptors (Lipinski definition) is 4. The van der Waals surface area contributed by atoms with Crippen LogP contribution in [0.5, 0.6) is 0 Å². The van der Waals surface area contributed by atoms with Crippen molar-refractivity contribution >= 4 is 22.8 Å². The van der Waals surface area contributed by atoms with Crippen molar-refractivity contribution in [2.45, 2.75) is 6.42 Å². The highest BCUT2D eigenvalue weighted by molar-refractivity contribution is 5.96. The lowest BCUT2D eigenvalue weighted by Crippen LogP contribution is -2.32. The third-order valence-corrected chi connectivity index (χ3v) is 2.88. The maximum absolute atomic E-state index is 12.1. The molecule has 1 amide bonds. The minimum atomic E-state index is -1.00. The molecule has 1 aromatic heterocycles. The van der Waals surface area contributed by atoms with Crippen molar-refractivity contribution in [3.05, 3.63) is 46.3 Å². The fourth-order valence-electron chi connectivity index (χ4n) is 1.78. The summed E-state index contributed by atoms with van der Waals surface area (Å²) in [4.78, 5) is 35.6. The normalized spacial score (nSPS) is 10.4. The molecule has 2 aromatic rings.